The molecule has 1 saturated heterocycles. The molecule has 0 aromatic carbocycles. The molecule has 0 radical (unpaired) electrons. The fourth-order valence-electron chi connectivity index (χ4n) is 6.23. The van der Waals surface area contributed by atoms with Crippen LogP contribution in [0.4, 0.5) is 0 Å². The largest absolute Gasteiger partial charge is 0.488 e. The van der Waals surface area contributed by atoms with Crippen LogP contribution in [-0.4, -0.2) is 59.1 Å². The summed E-state index contributed by atoms with van der Waals surface area (Å²) in [7, 11) is -10.3. The van der Waals surface area contributed by atoms with E-state index in [4.69, 9.17) is 9.29 Å². The van der Waals surface area contributed by atoms with Crippen LogP contribution in [0.15, 0.2) is 0 Å². The molecular formula is C15H25O10PS. The van der Waals surface area contributed by atoms with Crippen LogP contribution in [-0.2, 0) is 28.2 Å². The zero-order valence-electron chi connectivity index (χ0n) is 14.6. The van der Waals surface area contributed by atoms with E-state index in [1.807, 2.05) is 0 Å². The molecule has 12 heteroatoms. The van der Waals surface area contributed by atoms with Gasteiger partial charge in [0.25, 0.3) is 0 Å². The summed E-state index contributed by atoms with van der Waals surface area (Å²) in [6, 6.07) is 0. The maximum absolute atomic E-state index is 11.5. The third-order valence-electron chi connectivity index (χ3n) is 6.64. The standard InChI is InChI=1S/C15H25O10PS/c16-12-11(7-23-26(18,19)25-27(20,21)22)24-14(13(12)17)15-4-8-1-9(5-15)3-10(2-8)6-15/h8-14,16-17H,1-7H2,(H,18,19)(H,20,21,22). The van der Waals surface area contributed by atoms with E-state index >= 15 is 0 Å². The number of aliphatic hydroxyl groups excluding tert-OH is 2. The maximum atomic E-state index is 11.5. The van der Waals surface area contributed by atoms with Crippen LogP contribution < -0.4 is 0 Å². The van der Waals surface area contributed by atoms with E-state index in [1.54, 1.807) is 0 Å². The summed E-state index contributed by atoms with van der Waals surface area (Å²) in [6.07, 6.45) is 2.22. The number of hydrogen-bond donors (Lipinski definition) is 4. The Hall–Kier alpha value is -0.100. The van der Waals surface area contributed by atoms with Gasteiger partial charge in [-0.25, -0.2) is 4.57 Å². The predicted octanol–water partition coefficient (Wildman–Crippen LogP) is 0.628. The molecule has 5 atom stereocenters. The fourth-order valence-corrected chi connectivity index (χ4v) is 7.69. The Morgan fingerprint density at radius 1 is 1.04 bits per heavy atom. The van der Waals surface area contributed by atoms with Gasteiger partial charge in [0.05, 0.1) is 12.7 Å². The Bertz CT molecular complexity index is 704. The number of phosphoric acid groups is 1. The van der Waals surface area contributed by atoms with E-state index < -0.39 is 49.2 Å². The summed E-state index contributed by atoms with van der Waals surface area (Å²) in [5.41, 5.74) is -0.211. The molecule has 4 aliphatic carbocycles. The Morgan fingerprint density at radius 3 is 2.04 bits per heavy atom. The Labute approximate surface area is 157 Å². The molecule has 0 aromatic rings. The molecule has 4 N–H and O–H groups in total. The van der Waals surface area contributed by atoms with Crippen molar-refractivity contribution in [3.8, 4) is 0 Å². The SMILES string of the molecule is O=P(O)(OCC1OC(C23CC4CC(CC(C4)C2)C3)C(O)C1O)OS(=O)(=O)O. The van der Waals surface area contributed by atoms with Gasteiger partial charge in [-0.1, -0.05) is 0 Å². The third-order valence-corrected chi connectivity index (χ3v) is 8.62. The molecule has 0 aromatic heterocycles. The zero-order valence-corrected chi connectivity index (χ0v) is 16.3. The molecule has 10 nitrogen and oxygen atoms in total. The lowest BCUT2D eigenvalue weighted by atomic mass is 9.48. The second-order valence-electron chi connectivity index (χ2n) is 8.62. The normalized spacial score (nSPS) is 48.7. The van der Waals surface area contributed by atoms with Crippen LogP contribution in [0.25, 0.3) is 0 Å². The zero-order chi connectivity index (χ0) is 19.6. The average molecular weight is 428 g/mol. The number of hydrogen-bond acceptors (Lipinski definition) is 8. The first-order valence-electron chi connectivity index (χ1n) is 9.14. The van der Waals surface area contributed by atoms with Crippen molar-refractivity contribution in [2.75, 3.05) is 6.61 Å². The van der Waals surface area contributed by atoms with Crippen molar-refractivity contribution >= 4 is 18.2 Å². The number of phosphoric ester groups is 1. The smallest absolute Gasteiger partial charge is 0.388 e. The lowest BCUT2D eigenvalue weighted by Crippen LogP contribution is -2.54. The molecule has 27 heavy (non-hydrogen) atoms. The monoisotopic (exact) mass is 428 g/mol. The second-order valence-corrected chi connectivity index (χ2v) is 11.3. The lowest BCUT2D eigenvalue weighted by Gasteiger charge is -2.59. The minimum absolute atomic E-state index is 0.211. The van der Waals surface area contributed by atoms with E-state index in [9.17, 15) is 28.1 Å². The summed E-state index contributed by atoms with van der Waals surface area (Å²) >= 11 is 0. The third kappa shape index (κ3) is 3.99. The minimum Gasteiger partial charge on any atom is -0.388 e. The Morgan fingerprint density at radius 2 is 1.56 bits per heavy atom. The average Bonchev–Trinajstić information content (AvgIpc) is 2.78. The molecule has 4 bridgehead atoms. The number of ether oxygens (including phenoxy) is 1. The molecule has 0 amide bonds. The van der Waals surface area contributed by atoms with Gasteiger partial charge in [-0.15, -0.1) is 3.97 Å². The van der Waals surface area contributed by atoms with Crippen molar-refractivity contribution in [1.29, 1.82) is 0 Å². The van der Waals surface area contributed by atoms with Crippen LogP contribution >= 0.6 is 7.82 Å². The minimum atomic E-state index is -5.18. The van der Waals surface area contributed by atoms with Crippen LogP contribution in [0.3, 0.4) is 0 Å². The van der Waals surface area contributed by atoms with Gasteiger partial charge in [0.2, 0.25) is 0 Å². The predicted molar refractivity (Wildman–Crippen MR) is 89.7 cm³/mol. The molecule has 4 saturated carbocycles. The second kappa shape index (κ2) is 6.72. The van der Waals surface area contributed by atoms with Crippen LogP contribution in [0.1, 0.15) is 38.5 Å². The van der Waals surface area contributed by atoms with Crippen molar-refractivity contribution in [1.82, 2.24) is 0 Å². The van der Waals surface area contributed by atoms with E-state index in [0.717, 1.165) is 19.3 Å². The topological polar surface area (TPSA) is 160 Å². The first-order valence-corrected chi connectivity index (χ1v) is 12.0. The van der Waals surface area contributed by atoms with E-state index in [2.05, 4.69) is 8.49 Å². The Kier molecular flexibility index (Phi) is 5.02. The highest BCUT2D eigenvalue weighted by molar-refractivity contribution is 7.85. The quantitative estimate of drug-likeness (QED) is 0.349. The molecule has 5 aliphatic rings. The number of rotatable bonds is 6. The first-order chi connectivity index (χ1) is 12.5. The lowest BCUT2D eigenvalue weighted by molar-refractivity contribution is -0.159. The van der Waals surface area contributed by atoms with Gasteiger partial charge in [0.15, 0.2) is 0 Å². The molecular weight excluding hydrogens is 403 g/mol. The van der Waals surface area contributed by atoms with E-state index in [-0.39, 0.29) is 5.41 Å². The van der Waals surface area contributed by atoms with Crippen molar-refractivity contribution in [2.24, 2.45) is 23.2 Å². The van der Waals surface area contributed by atoms with Gasteiger partial charge in [0, 0.05) is 5.41 Å². The summed E-state index contributed by atoms with van der Waals surface area (Å²) in [4.78, 5) is 9.33. The molecule has 1 aliphatic heterocycles. The van der Waals surface area contributed by atoms with Crippen LogP contribution in [0.5, 0.6) is 0 Å². The van der Waals surface area contributed by atoms with Gasteiger partial charge >= 0.3 is 18.2 Å². The van der Waals surface area contributed by atoms with Crippen molar-refractivity contribution in [3.05, 3.63) is 0 Å². The van der Waals surface area contributed by atoms with E-state index in [0.29, 0.717) is 17.8 Å². The highest BCUT2D eigenvalue weighted by atomic mass is 32.3. The van der Waals surface area contributed by atoms with E-state index in [1.165, 1.54) is 19.3 Å². The van der Waals surface area contributed by atoms with Gasteiger partial charge in [-0.05, 0) is 56.3 Å². The van der Waals surface area contributed by atoms with Gasteiger partial charge < -0.3 is 19.8 Å². The summed E-state index contributed by atoms with van der Waals surface area (Å²) in [5, 5.41) is 20.9. The van der Waals surface area contributed by atoms with Crippen LogP contribution in [0, 0.1) is 23.2 Å². The van der Waals surface area contributed by atoms with Gasteiger partial charge in [-0.3, -0.25) is 9.08 Å². The van der Waals surface area contributed by atoms with Crippen LogP contribution in [0.2, 0.25) is 0 Å². The number of aliphatic hydroxyl groups is 2. The molecule has 0 spiro atoms. The van der Waals surface area contributed by atoms with Crippen molar-refractivity contribution in [3.63, 3.8) is 0 Å². The highest BCUT2D eigenvalue weighted by Gasteiger charge is 2.60. The van der Waals surface area contributed by atoms with Gasteiger partial charge in [0.1, 0.15) is 18.3 Å². The summed E-state index contributed by atoms with van der Waals surface area (Å²) < 4.78 is 55.2. The molecule has 5 rings (SSSR count). The fraction of sp³-hybridized carbons (Fsp3) is 1.00. The molecule has 5 fully saturated rings. The van der Waals surface area contributed by atoms with Crippen molar-refractivity contribution in [2.45, 2.75) is 62.9 Å². The Balaban J connectivity index is 1.43. The first kappa shape index (κ1) is 20.2. The van der Waals surface area contributed by atoms with Crippen molar-refractivity contribution < 1.29 is 45.9 Å². The summed E-state index contributed by atoms with van der Waals surface area (Å²) in [5.74, 6) is 1.83. The molecule has 1 heterocycles. The summed E-state index contributed by atoms with van der Waals surface area (Å²) in [6.45, 7) is -0.662. The van der Waals surface area contributed by atoms with Gasteiger partial charge in [-0.2, -0.15) is 8.42 Å². The highest BCUT2D eigenvalue weighted by Crippen LogP contribution is 2.63. The molecule has 156 valence electrons. The maximum Gasteiger partial charge on any atom is 0.488 e. The molecule has 5 unspecified atom stereocenters.